The first-order valence-corrected chi connectivity index (χ1v) is 5.62. The van der Waals surface area contributed by atoms with Gasteiger partial charge in [0.15, 0.2) is 0 Å². The van der Waals surface area contributed by atoms with Gasteiger partial charge in [-0.1, -0.05) is 0 Å². The van der Waals surface area contributed by atoms with Crippen LogP contribution in [0, 0.1) is 0 Å². The average Bonchev–Trinajstić information content (AvgIpc) is 2.33. The van der Waals surface area contributed by atoms with Crippen LogP contribution in [0.25, 0.3) is 0 Å². The highest BCUT2D eigenvalue weighted by Gasteiger charge is 2.40. The summed E-state index contributed by atoms with van der Waals surface area (Å²) in [5.41, 5.74) is 0. The van der Waals surface area contributed by atoms with E-state index in [2.05, 4.69) is 0 Å². The smallest absolute Gasteiger partial charge is 0.270 e. The number of carbonyl (C=O) groups is 2. The molecular weight excluding hydrogens is 240 g/mol. The van der Waals surface area contributed by atoms with Crippen molar-refractivity contribution in [3.8, 4) is 0 Å². The van der Waals surface area contributed by atoms with Gasteiger partial charge >= 0.3 is 0 Å². The van der Waals surface area contributed by atoms with Crippen LogP contribution in [0.2, 0.25) is 0 Å². The van der Waals surface area contributed by atoms with E-state index in [1.54, 1.807) is 0 Å². The highest BCUT2D eigenvalue weighted by Crippen LogP contribution is 2.28. The minimum Gasteiger partial charge on any atom is -0.489 e. The second kappa shape index (κ2) is 5.12. The average molecular weight is 254 g/mol. The quantitative estimate of drug-likeness (QED) is 0.675. The maximum Gasteiger partial charge on any atom is 0.270 e. The molecule has 1 heterocycles. The van der Waals surface area contributed by atoms with Crippen LogP contribution in [0.4, 0.5) is 0 Å². The van der Waals surface area contributed by atoms with Crippen LogP contribution in [0.15, 0.2) is 23.0 Å². The van der Waals surface area contributed by atoms with Gasteiger partial charge in [0.1, 0.15) is 0 Å². The highest BCUT2D eigenvalue weighted by atomic mass is 16.5. The summed E-state index contributed by atoms with van der Waals surface area (Å²) in [6.45, 7) is 0.751. The standard InChI is InChI=1S/C12H14O6/c1-15-9-7(13)11-12(8(14)10(9)16-2)18-6-4-3-5-17-11/h3-6H2,1-2H3. The van der Waals surface area contributed by atoms with Gasteiger partial charge < -0.3 is 18.9 Å². The Labute approximate surface area is 104 Å². The molecule has 0 aromatic rings. The lowest BCUT2D eigenvalue weighted by atomic mass is 10.0. The Morgan fingerprint density at radius 3 is 1.56 bits per heavy atom. The zero-order valence-corrected chi connectivity index (χ0v) is 10.3. The van der Waals surface area contributed by atoms with E-state index in [-0.39, 0.29) is 23.0 Å². The van der Waals surface area contributed by atoms with Gasteiger partial charge in [-0.05, 0) is 12.8 Å². The molecule has 2 rings (SSSR count). The lowest BCUT2D eigenvalue weighted by Gasteiger charge is -2.23. The highest BCUT2D eigenvalue weighted by molar-refractivity contribution is 6.21. The largest absolute Gasteiger partial charge is 0.489 e. The molecule has 0 amide bonds. The molecule has 6 heteroatoms. The molecule has 0 saturated carbocycles. The number of ether oxygens (including phenoxy) is 4. The van der Waals surface area contributed by atoms with Crippen LogP contribution in [0.1, 0.15) is 12.8 Å². The Balaban J connectivity index is 2.44. The number of carbonyl (C=O) groups excluding carboxylic acids is 2. The lowest BCUT2D eigenvalue weighted by Crippen LogP contribution is -2.29. The van der Waals surface area contributed by atoms with Crippen molar-refractivity contribution < 1.29 is 28.5 Å². The SMILES string of the molecule is COC1=C(OC)C(=O)C2=C(OCCCCO2)C1=O. The monoisotopic (exact) mass is 254 g/mol. The predicted molar refractivity (Wildman–Crippen MR) is 59.2 cm³/mol. The van der Waals surface area contributed by atoms with Gasteiger partial charge in [0.2, 0.25) is 23.0 Å². The molecule has 0 bridgehead atoms. The first-order chi connectivity index (χ1) is 8.70. The second-order valence-corrected chi connectivity index (χ2v) is 3.79. The number of rotatable bonds is 2. The summed E-state index contributed by atoms with van der Waals surface area (Å²) in [7, 11) is 2.60. The van der Waals surface area contributed by atoms with Crippen molar-refractivity contribution in [1.82, 2.24) is 0 Å². The van der Waals surface area contributed by atoms with Gasteiger partial charge in [0, 0.05) is 0 Å². The fourth-order valence-corrected chi connectivity index (χ4v) is 1.80. The van der Waals surface area contributed by atoms with Crippen molar-refractivity contribution in [1.29, 1.82) is 0 Å². The van der Waals surface area contributed by atoms with E-state index >= 15 is 0 Å². The van der Waals surface area contributed by atoms with Crippen LogP contribution in [0.3, 0.4) is 0 Å². The zero-order chi connectivity index (χ0) is 13.1. The van der Waals surface area contributed by atoms with Gasteiger partial charge in [0.25, 0.3) is 11.6 Å². The van der Waals surface area contributed by atoms with Crippen LogP contribution >= 0.6 is 0 Å². The van der Waals surface area contributed by atoms with Gasteiger partial charge in [0.05, 0.1) is 27.4 Å². The topological polar surface area (TPSA) is 71.1 Å². The number of ketones is 2. The third-order valence-electron chi connectivity index (χ3n) is 2.68. The fraction of sp³-hybridized carbons (Fsp3) is 0.500. The Morgan fingerprint density at radius 2 is 1.22 bits per heavy atom. The van der Waals surface area contributed by atoms with Gasteiger partial charge in [-0.15, -0.1) is 0 Å². The second-order valence-electron chi connectivity index (χ2n) is 3.79. The lowest BCUT2D eigenvalue weighted by molar-refractivity contribution is -0.127. The van der Waals surface area contributed by atoms with Crippen molar-refractivity contribution in [3.63, 3.8) is 0 Å². The van der Waals surface area contributed by atoms with Crippen LogP contribution < -0.4 is 0 Å². The molecule has 0 saturated heterocycles. The third kappa shape index (κ3) is 1.94. The molecule has 6 nitrogen and oxygen atoms in total. The molecule has 0 N–H and O–H groups in total. The summed E-state index contributed by atoms with van der Waals surface area (Å²) < 4.78 is 20.4. The van der Waals surface area contributed by atoms with Crippen molar-refractivity contribution >= 4 is 11.6 Å². The van der Waals surface area contributed by atoms with E-state index in [0.29, 0.717) is 13.2 Å². The summed E-state index contributed by atoms with van der Waals surface area (Å²) in [5, 5.41) is 0. The molecule has 0 aromatic heterocycles. The van der Waals surface area contributed by atoms with Crippen molar-refractivity contribution in [3.05, 3.63) is 23.0 Å². The van der Waals surface area contributed by atoms with Crippen LogP contribution in [-0.4, -0.2) is 39.0 Å². The molecular formula is C12H14O6. The minimum absolute atomic E-state index is 0.0858. The van der Waals surface area contributed by atoms with Crippen LogP contribution in [0.5, 0.6) is 0 Å². The summed E-state index contributed by atoms with van der Waals surface area (Å²) in [6.07, 6.45) is 1.53. The number of methoxy groups -OCH3 is 2. The molecule has 2 aliphatic rings. The van der Waals surface area contributed by atoms with E-state index in [9.17, 15) is 9.59 Å². The Hall–Kier alpha value is -1.98. The van der Waals surface area contributed by atoms with E-state index in [1.165, 1.54) is 14.2 Å². The number of hydrogen-bond donors (Lipinski definition) is 0. The number of Topliss-reactive ketones (excluding diaryl/α,β-unsaturated/α-hetero) is 2. The third-order valence-corrected chi connectivity index (χ3v) is 2.68. The van der Waals surface area contributed by atoms with Gasteiger partial charge in [-0.2, -0.15) is 0 Å². The molecule has 0 spiro atoms. The van der Waals surface area contributed by atoms with E-state index < -0.39 is 11.6 Å². The summed E-state index contributed by atoms with van der Waals surface area (Å²) in [4.78, 5) is 24.2. The van der Waals surface area contributed by atoms with E-state index in [4.69, 9.17) is 18.9 Å². The molecule has 0 radical (unpaired) electrons. The fourth-order valence-electron chi connectivity index (χ4n) is 1.80. The van der Waals surface area contributed by atoms with Gasteiger partial charge in [-0.25, -0.2) is 0 Å². The molecule has 0 atom stereocenters. The molecule has 98 valence electrons. The Bertz CT molecular complexity index is 405. The Kier molecular flexibility index (Phi) is 3.55. The number of hydrogen-bond acceptors (Lipinski definition) is 6. The summed E-state index contributed by atoms with van der Waals surface area (Å²) in [6, 6.07) is 0. The summed E-state index contributed by atoms with van der Waals surface area (Å²) in [5.74, 6) is -1.51. The van der Waals surface area contributed by atoms with Crippen molar-refractivity contribution in [2.24, 2.45) is 0 Å². The maximum atomic E-state index is 12.1. The van der Waals surface area contributed by atoms with Crippen molar-refractivity contribution in [2.45, 2.75) is 12.8 Å². The summed E-state index contributed by atoms with van der Waals surface area (Å²) >= 11 is 0. The molecule has 18 heavy (non-hydrogen) atoms. The first-order valence-electron chi connectivity index (χ1n) is 5.62. The van der Waals surface area contributed by atoms with E-state index in [0.717, 1.165) is 12.8 Å². The van der Waals surface area contributed by atoms with Gasteiger partial charge in [-0.3, -0.25) is 9.59 Å². The first kappa shape index (κ1) is 12.5. The molecule has 0 unspecified atom stereocenters. The maximum absolute atomic E-state index is 12.1. The minimum atomic E-state index is -0.522. The van der Waals surface area contributed by atoms with Crippen molar-refractivity contribution in [2.75, 3.05) is 27.4 Å². The molecule has 1 aliphatic carbocycles. The van der Waals surface area contributed by atoms with Crippen LogP contribution in [-0.2, 0) is 28.5 Å². The molecule has 0 aromatic carbocycles. The Morgan fingerprint density at radius 1 is 0.833 bits per heavy atom. The normalized spacial score (nSPS) is 20.6. The molecule has 0 fully saturated rings. The van der Waals surface area contributed by atoms with E-state index in [1.807, 2.05) is 0 Å². The zero-order valence-electron chi connectivity index (χ0n) is 10.3. The molecule has 1 aliphatic heterocycles. The predicted octanol–water partition coefficient (Wildman–Crippen LogP) is 0.681.